The molecule has 2 aliphatic rings. The Balaban J connectivity index is 1.09. The summed E-state index contributed by atoms with van der Waals surface area (Å²) in [7, 11) is 0. The van der Waals surface area contributed by atoms with Crippen LogP contribution in [-0.4, -0.2) is 15.4 Å². The predicted octanol–water partition coefficient (Wildman–Crippen LogP) is 39.4. The minimum Gasteiger partial charge on any atom is -0.493 e. The summed E-state index contributed by atoms with van der Waals surface area (Å²) in [6.07, 6.45) is 67.1. The Kier molecular flexibility index (Phi) is 40.4. The van der Waals surface area contributed by atoms with Crippen LogP contribution in [0.4, 0.5) is 0 Å². The Labute approximate surface area is 805 Å². The molecule has 6 aromatic carbocycles. The molecule has 129 heavy (non-hydrogen) atoms. The van der Waals surface area contributed by atoms with E-state index < -0.39 is 10.8 Å². The number of nitrogens with zero attached hydrogens (tertiary/aromatic N) is 2. The summed E-state index contributed by atoms with van der Waals surface area (Å²) in [5.74, 6) is 1.08. The summed E-state index contributed by atoms with van der Waals surface area (Å²) in [6, 6.07) is 52.1. The molecule has 13 rings (SSSR count). The average Bonchev–Trinajstić information content (AvgIpc) is 1.50. The molecule has 0 bridgehead atoms. The van der Waals surface area contributed by atoms with E-state index in [1.165, 1.54) is 434 Å². The maximum Gasteiger partial charge on any atom is 0.133 e. The minimum atomic E-state index is -0.636. The number of hydrogen-bond donors (Lipinski definition) is 0. The smallest absolute Gasteiger partial charge is 0.133 e. The summed E-state index contributed by atoms with van der Waals surface area (Å²) in [5, 5.41) is 0. The van der Waals surface area contributed by atoms with E-state index in [1.54, 1.807) is 22.3 Å². The van der Waals surface area contributed by atoms with Crippen LogP contribution in [0.2, 0.25) is 0 Å². The monoisotopic (exact) mass is 1820 g/mol. The second-order valence-corrected chi connectivity index (χ2v) is 44.5. The van der Waals surface area contributed by atoms with Crippen molar-refractivity contribution in [2.24, 2.45) is 0 Å². The zero-order valence-electron chi connectivity index (χ0n) is 82.8. The Hall–Kier alpha value is -6.26. The van der Waals surface area contributed by atoms with Crippen LogP contribution in [0.5, 0.6) is 5.75 Å². The number of thiophene rings is 4. The van der Waals surface area contributed by atoms with Gasteiger partial charge in [-0.05, 0) is 254 Å². The molecule has 5 aromatic heterocycles. The van der Waals surface area contributed by atoms with Gasteiger partial charge in [0.2, 0.25) is 0 Å². The highest BCUT2D eigenvalue weighted by atomic mass is 32.1. The van der Waals surface area contributed by atoms with E-state index in [0.29, 0.717) is 6.61 Å². The average molecular weight is 1830 g/mol. The van der Waals surface area contributed by atoms with E-state index in [2.05, 4.69) is 238 Å². The van der Waals surface area contributed by atoms with E-state index in [-0.39, 0.29) is 0 Å². The van der Waals surface area contributed by atoms with Gasteiger partial charge in [-0.2, -0.15) is 8.75 Å². The van der Waals surface area contributed by atoms with E-state index in [9.17, 15) is 0 Å². The molecule has 8 heteroatoms. The van der Waals surface area contributed by atoms with Gasteiger partial charge in [0.05, 0.1) is 34.7 Å². The van der Waals surface area contributed by atoms with Crippen LogP contribution in [0, 0.1) is 20.8 Å². The molecule has 2 aliphatic carbocycles. The summed E-state index contributed by atoms with van der Waals surface area (Å²) in [6.45, 7) is 29.2. The van der Waals surface area contributed by atoms with Gasteiger partial charge >= 0.3 is 0 Å². The van der Waals surface area contributed by atoms with Crippen LogP contribution in [0.1, 0.15) is 462 Å². The topological polar surface area (TPSA) is 35.0 Å². The van der Waals surface area contributed by atoms with Crippen LogP contribution in [0.3, 0.4) is 0 Å². The molecule has 0 unspecified atom stereocenters. The fraction of sp³-hybridized carbons (Fsp3) is 0.570. The van der Waals surface area contributed by atoms with Crippen molar-refractivity contribution in [2.45, 2.75) is 441 Å². The first kappa shape index (κ1) is 100. The van der Waals surface area contributed by atoms with Crippen molar-refractivity contribution in [3.8, 4) is 57.3 Å². The van der Waals surface area contributed by atoms with Crippen LogP contribution in [0.15, 0.2) is 121 Å². The molecule has 0 saturated heterocycles. The third-order valence-electron chi connectivity index (χ3n) is 29.6. The van der Waals surface area contributed by atoms with Gasteiger partial charge in [0.25, 0.3) is 0 Å². The van der Waals surface area contributed by atoms with Gasteiger partial charge < -0.3 is 4.74 Å². The van der Waals surface area contributed by atoms with Crippen molar-refractivity contribution < 1.29 is 4.74 Å². The summed E-state index contributed by atoms with van der Waals surface area (Å²) < 4.78 is 19.1. The van der Waals surface area contributed by atoms with E-state index in [1.807, 2.05) is 11.3 Å². The van der Waals surface area contributed by atoms with E-state index in [0.717, 1.165) is 74.6 Å². The second kappa shape index (κ2) is 52.0. The lowest BCUT2D eigenvalue weighted by Crippen LogP contribution is -2.30. The molecule has 0 amide bonds. The number of rotatable bonds is 63. The first-order valence-electron chi connectivity index (χ1n) is 53.5. The molecule has 0 radical (unpaired) electrons. The fourth-order valence-electron chi connectivity index (χ4n) is 22.2. The molecule has 5 heterocycles. The lowest BCUT2D eigenvalue weighted by atomic mass is 9.65. The molecule has 3 nitrogen and oxygen atoms in total. The minimum absolute atomic E-state index is 0.553. The second-order valence-electron chi connectivity index (χ2n) is 39.4. The molecular formula is C121H166N2OS5. The van der Waals surface area contributed by atoms with Gasteiger partial charge in [-0.3, -0.25) is 0 Å². The predicted molar refractivity (Wildman–Crippen MR) is 573 cm³/mol. The maximum atomic E-state index is 7.77. The zero-order chi connectivity index (χ0) is 90.2. The largest absolute Gasteiger partial charge is 0.493 e. The Morgan fingerprint density at radius 3 is 0.953 bits per heavy atom. The number of benzene rings is 6. The third kappa shape index (κ3) is 24.2. The van der Waals surface area contributed by atoms with Crippen molar-refractivity contribution in [3.63, 3.8) is 0 Å². The van der Waals surface area contributed by atoms with Crippen molar-refractivity contribution in [3.05, 3.63) is 226 Å². The van der Waals surface area contributed by atoms with Gasteiger partial charge in [-0.15, -0.1) is 45.3 Å². The first-order chi connectivity index (χ1) is 63.5. The van der Waals surface area contributed by atoms with Gasteiger partial charge in [0.1, 0.15) is 16.8 Å². The van der Waals surface area contributed by atoms with E-state index >= 15 is 0 Å². The summed E-state index contributed by atoms with van der Waals surface area (Å²) in [5.41, 5.74) is 31.1. The number of hydrogen-bond acceptors (Lipinski definition) is 8. The van der Waals surface area contributed by atoms with Gasteiger partial charge in [-0.1, -0.05) is 397 Å². The van der Waals surface area contributed by atoms with E-state index in [4.69, 9.17) is 13.5 Å². The molecule has 0 saturated carbocycles. The van der Waals surface area contributed by atoms with Crippen LogP contribution < -0.4 is 4.74 Å². The molecular weight excluding hydrogens is 1660 g/mol. The van der Waals surface area contributed by atoms with Crippen molar-refractivity contribution in [2.75, 3.05) is 6.61 Å². The maximum absolute atomic E-state index is 7.77. The summed E-state index contributed by atoms with van der Waals surface area (Å²) >= 11 is 9.82. The van der Waals surface area contributed by atoms with Crippen molar-refractivity contribution in [1.82, 2.24) is 8.75 Å². The van der Waals surface area contributed by atoms with Crippen LogP contribution in [0.25, 0.3) is 62.6 Å². The van der Waals surface area contributed by atoms with Gasteiger partial charge in [0.15, 0.2) is 0 Å². The zero-order valence-corrected chi connectivity index (χ0v) is 86.9. The van der Waals surface area contributed by atoms with Crippen molar-refractivity contribution in [1.29, 1.82) is 0 Å². The molecule has 0 spiro atoms. The highest BCUT2D eigenvalue weighted by molar-refractivity contribution is 7.26. The molecule has 0 atom stereocenters. The SMILES string of the molecule is CCCCCCCCOc1c(C)c(-c2sc(-c3cc4c(s3)-c3cc5c(cc3C4(c3ccc(CCCCCC)cc3)c3ccc(CCCCCC)cc3)-c3sc(C)cc3C5(c3ccc(CCCCCC)cc3)c3ccc(CCCCCC)cc3)c(CCCCCCCC)c2CCCCCCCC)c2nsnc2c1-c1sc(C)c(CCCCCCCC)c1CCCCCCCC. The molecule has 0 aliphatic heterocycles. The first-order valence-corrected chi connectivity index (χ1v) is 57.5. The summed E-state index contributed by atoms with van der Waals surface area (Å²) in [4.78, 5) is 11.5. The third-order valence-corrected chi connectivity index (χ3v) is 35.0. The fourth-order valence-corrected chi connectivity index (χ4v) is 28.0. The standard InChI is InChI=1S/C121H166N2OS5/c1-13-22-31-40-45-54-63-99-90(12)126-119(100(99)64-55-46-41-32-23-14-2)111-113-112(122-129-123-113)110(89(11)114(111)124-83-58-49-44-35-26-17-5)118-102(66-57-48-43-34-25-16-4)101(65-56-47-42-33-24-15-3)117(128-118)109-87-108-116(127-109)104-86-105-103(85-106(104)121(108,97-79-71-93(72-80-97)61-52-38-29-20-8)98-81-73-94(74-82-98)62-53-39-30-21-9)115-107(84-88(10)125-115)120(105,95-75-67-91(68-76-95)59-50-36-27-18-6)96-77-69-92(70-78-96)60-51-37-28-19-7/h67-82,84-87H,13-66,83H2,1-12H3. The van der Waals surface area contributed by atoms with Crippen LogP contribution in [-0.2, 0) is 62.2 Å². The quantitative estimate of drug-likeness (QED) is 0.0356. The lowest BCUT2D eigenvalue weighted by Gasteiger charge is -2.35. The number of aryl methyl sites for hydroxylation is 6. The molecule has 696 valence electrons. The molecule has 11 aromatic rings. The highest BCUT2D eigenvalue weighted by Crippen LogP contribution is 2.67. The number of unbranched alkanes of at least 4 members (excludes halogenated alkanes) is 37. The number of fused-ring (bicyclic) bond motifs is 7. The Morgan fingerprint density at radius 2 is 0.566 bits per heavy atom. The van der Waals surface area contributed by atoms with Gasteiger partial charge in [0, 0.05) is 50.1 Å². The number of aromatic nitrogens is 2. The van der Waals surface area contributed by atoms with Crippen molar-refractivity contribution >= 4 is 68.1 Å². The van der Waals surface area contributed by atoms with Crippen LogP contribution >= 0.6 is 57.1 Å². The molecule has 0 fully saturated rings. The Bertz CT molecular complexity index is 5050. The normalized spacial score (nSPS) is 13.1. The molecule has 0 N–H and O–H groups in total. The highest BCUT2D eigenvalue weighted by Gasteiger charge is 2.53. The number of ether oxygens (including phenoxy) is 1. The van der Waals surface area contributed by atoms with Gasteiger partial charge in [-0.25, -0.2) is 0 Å². The lowest BCUT2D eigenvalue weighted by molar-refractivity contribution is 0.304. The Morgan fingerprint density at radius 1 is 0.264 bits per heavy atom.